The van der Waals surface area contributed by atoms with Crippen molar-refractivity contribution in [1.82, 2.24) is 16.2 Å². The largest absolute Gasteiger partial charge is 0.494 e. The van der Waals surface area contributed by atoms with Crippen LogP contribution in [-0.4, -0.2) is 29.4 Å². The molecule has 2 aromatic rings. The molecule has 0 saturated heterocycles. The van der Waals surface area contributed by atoms with Gasteiger partial charge in [0.25, 0.3) is 0 Å². The first-order valence-corrected chi connectivity index (χ1v) is 9.82. The van der Waals surface area contributed by atoms with E-state index in [2.05, 4.69) is 21.5 Å². The number of carbonyl (C=O) groups excluding carboxylic acids is 3. The molecule has 9 heteroatoms. The molecule has 30 heavy (non-hydrogen) atoms. The molecule has 0 aliphatic heterocycles. The molecule has 158 valence electrons. The molecular formula is C21H24N4O4S. The van der Waals surface area contributed by atoms with E-state index in [4.69, 9.17) is 17.0 Å². The zero-order valence-corrected chi connectivity index (χ0v) is 17.4. The predicted molar refractivity (Wildman–Crippen MR) is 118 cm³/mol. The summed E-state index contributed by atoms with van der Waals surface area (Å²) in [4.78, 5) is 35.7. The van der Waals surface area contributed by atoms with Crippen molar-refractivity contribution in [2.24, 2.45) is 0 Å². The molecule has 0 saturated carbocycles. The van der Waals surface area contributed by atoms with Crippen LogP contribution in [0, 0.1) is 0 Å². The average molecular weight is 429 g/mol. The van der Waals surface area contributed by atoms with Crippen LogP contribution in [0.15, 0.2) is 54.6 Å². The van der Waals surface area contributed by atoms with Gasteiger partial charge in [0.1, 0.15) is 5.75 Å². The highest BCUT2D eigenvalue weighted by Crippen LogP contribution is 2.15. The molecule has 0 spiro atoms. The van der Waals surface area contributed by atoms with Crippen molar-refractivity contribution >= 4 is 40.7 Å². The number of ether oxygens (including phenoxy) is 1. The molecular weight excluding hydrogens is 404 g/mol. The SMILES string of the molecule is CCOc1ccc(NC(=O)CCC(=O)NNC(=S)NC(=O)Cc2ccccc2)cc1. The smallest absolute Gasteiger partial charge is 0.238 e. The summed E-state index contributed by atoms with van der Waals surface area (Å²) in [5.74, 6) is -0.319. The Morgan fingerprint density at radius 2 is 1.53 bits per heavy atom. The number of nitrogens with one attached hydrogen (secondary N) is 4. The summed E-state index contributed by atoms with van der Waals surface area (Å²) in [5.41, 5.74) is 6.26. The standard InChI is InChI=1S/C21H24N4O4S/c1-2-29-17-10-8-16(9-11-17)22-18(26)12-13-19(27)24-25-21(30)23-20(28)14-15-6-4-3-5-7-15/h3-11H,2,12-14H2,1H3,(H,22,26)(H,24,27)(H2,23,25,28,30). The van der Waals surface area contributed by atoms with E-state index in [0.29, 0.717) is 18.0 Å². The van der Waals surface area contributed by atoms with E-state index in [0.717, 1.165) is 5.56 Å². The molecule has 0 atom stereocenters. The molecule has 0 aromatic heterocycles. The number of amides is 3. The number of thiocarbonyl (C=S) groups is 1. The first-order valence-electron chi connectivity index (χ1n) is 9.41. The molecule has 0 unspecified atom stereocenters. The number of hydrogen-bond acceptors (Lipinski definition) is 5. The van der Waals surface area contributed by atoms with Crippen molar-refractivity contribution in [3.63, 3.8) is 0 Å². The van der Waals surface area contributed by atoms with E-state index in [1.165, 1.54) is 0 Å². The van der Waals surface area contributed by atoms with Crippen LogP contribution in [0.25, 0.3) is 0 Å². The van der Waals surface area contributed by atoms with Gasteiger partial charge in [-0.3, -0.25) is 25.2 Å². The fourth-order valence-electron chi connectivity index (χ4n) is 2.42. The Morgan fingerprint density at radius 3 is 2.20 bits per heavy atom. The minimum atomic E-state index is -0.434. The van der Waals surface area contributed by atoms with Crippen LogP contribution in [0.3, 0.4) is 0 Å². The van der Waals surface area contributed by atoms with E-state index >= 15 is 0 Å². The molecule has 0 fully saturated rings. The summed E-state index contributed by atoms with van der Waals surface area (Å²) >= 11 is 4.97. The van der Waals surface area contributed by atoms with Gasteiger partial charge in [-0.15, -0.1) is 0 Å². The molecule has 0 heterocycles. The highest BCUT2D eigenvalue weighted by atomic mass is 32.1. The van der Waals surface area contributed by atoms with Crippen LogP contribution in [-0.2, 0) is 20.8 Å². The van der Waals surface area contributed by atoms with E-state index in [1.807, 2.05) is 37.3 Å². The van der Waals surface area contributed by atoms with Gasteiger partial charge in [-0.1, -0.05) is 30.3 Å². The fourth-order valence-corrected chi connectivity index (χ4v) is 2.59. The second-order valence-corrected chi connectivity index (χ2v) is 6.63. The maximum absolute atomic E-state index is 12.0. The van der Waals surface area contributed by atoms with Crippen molar-refractivity contribution in [1.29, 1.82) is 0 Å². The number of benzene rings is 2. The predicted octanol–water partition coefficient (Wildman–Crippen LogP) is 2.07. The van der Waals surface area contributed by atoms with Crippen LogP contribution in [0.5, 0.6) is 5.75 Å². The lowest BCUT2D eigenvalue weighted by Gasteiger charge is -2.11. The van der Waals surface area contributed by atoms with Crippen molar-refractivity contribution in [3.05, 3.63) is 60.2 Å². The second kappa shape index (κ2) is 12.2. The first-order chi connectivity index (χ1) is 14.5. The van der Waals surface area contributed by atoms with Crippen molar-refractivity contribution < 1.29 is 19.1 Å². The van der Waals surface area contributed by atoms with Gasteiger partial charge in [-0.2, -0.15) is 0 Å². The Bertz CT molecular complexity index is 872. The molecule has 0 bridgehead atoms. The van der Waals surface area contributed by atoms with Crippen LogP contribution in [0.2, 0.25) is 0 Å². The quantitative estimate of drug-likeness (QED) is 0.379. The number of hydrazine groups is 1. The Balaban J connectivity index is 1.63. The molecule has 0 aliphatic rings. The lowest BCUT2D eigenvalue weighted by atomic mass is 10.1. The topological polar surface area (TPSA) is 109 Å². The van der Waals surface area contributed by atoms with Crippen LogP contribution in [0.4, 0.5) is 5.69 Å². The van der Waals surface area contributed by atoms with Crippen LogP contribution in [0.1, 0.15) is 25.3 Å². The molecule has 2 aromatic carbocycles. The zero-order valence-electron chi connectivity index (χ0n) is 16.6. The highest BCUT2D eigenvalue weighted by Gasteiger charge is 2.09. The maximum atomic E-state index is 12.0. The minimum absolute atomic E-state index is 0.00610. The Labute approximate surface area is 180 Å². The first kappa shape index (κ1) is 22.8. The second-order valence-electron chi connectivity index (χ2n) is 6.22. The summed E-state index contributed by atoms with van der Waals surface area (Å²) in [7, 11) is 0. The Hall–Kier alpha value is -3.46. The lowest BCUT2D eigenvalue weighted by molar-refractivity contribution is -0.124. The molecule has 8 nitrogen and oxygen atoms in total. The fraction of sp³-hybridized carbons (Fsp3) is 0.238. The minimum Gasteiger partial charge on any atom is -0.494 e. The Morgan fingerprint density at radius 1 is 0.867 bits per heavy atom. The van der Waals surface area contributed by atoms with E-state index < -0.39 is 5.91 Å². The van der Waals surface area contributed by atoms with E-state index in [1.54, 1.807) is 24.3 Å². The van der Waals surface area contributed by atoms with Gasteiger partial charge in [-0.25, -0.2) is 0 Å². The Kier molecular flexibility index (Phi) is 9.26. The average Bonchev–Trinajstić information content (AvgIpc) is 2.73. The summed E-state index contributed by atoms with van der Waals surface area (Å²) < 4.78 is 5.34. The lowest BCUT2D eigenvalue weighted by Crippen LogP contribution is -2.48. The summed E-state index contributed by atoms with van der Waals surface area (Å²) in [6.45, 7) is 2.45. The number of carbonyl (C=O) groups is 3. The highest BCUT2D eigenvalue weighted by molar-refractivity contribution is 7.80. The molecule has 4 N–H and O–H groups in total. The van der Waals surface area contributed by atoms with Gasteiger partial charge < -0.3 is 15.4 Å². The van der Waals surface area contributed by atoms with Crippen LogP contribution >= 0.6 is 12.2 Å². The molecule has 3 amide bonds. The molecule has 0 radical (unpaired) electrons. The third-order valence-electron chi connectivity index (χ3n) is 3.80. The zero-order chi connectivity index (χ0) is 21.8. The van der Waals surface area contributed by atoms with Crippen molar-refractivity contribution in [2.75, 3.05) is 11.9 Å². The van der Waals surface area contributed by atoms with E-state index in [-0.39, 0.29) is 36.2 Å². The van der Waals surface area contributed by atoms with Gasteiger partial charge in [0.2, 0.25) is 17.7 Å². The molecule has 2 rings (SSSR count). The van der Waals surface area contributed by atoms with Gasteiger partial charge in [0, 0.05) is 18.5 Å². The van der Waals surface area contributed by atoms with Crippen LogP contribution < -0.4 is 26.2 Å². The van der Waals surface area contributed by atoms with E-state index in [9.17, 15) is 14.4 Å². The number of hydrogen-bond donors (Lipinski definition) is 4. The third kappa shape index (κ3) is 8.70. The third-order valence-corrected chi connectivity index (χ3v) is 4.01. The van der Waals surface area contributed by atoms with Gasteiger partial charge in [0.05, 0.1) is 13.0 Å². The van der Waals surface area contributed by atoms with Gasteiger partial charge in [-0.05, 0) is 49.0 Å². The van der Waals surface area contributed by atoms with Gasteiger partial charge in [0.15, 0.2) is 5.11 Å². The van der Waals surface area contributed by atoms with Gasteiger partial charge >= 0.3 is 0 Å². The summed E-state index contributed by atoms with van der Waals surface area (Å²) in [5, 5.41) is 5.15. The maximum Gasteiger partial charge on any atom is 0.238 e. The van der Waals surface area contributed by atoms with Crippen molar-refractivity contribution in [2.45, 2.75) is 26.2 Å². The number of rotatable bonds is 8. The number of anilines is 1. The molecule has 0 aliphatic carbocycles. The normalized spacial score (nSPS) is 9.90. The van der Waals surface area contributed by atoms with Crippen molar-refractivity contribution in [3.8, 4) is 5.75 Å². The summed E-state index contributed by atoms with van der Waals surface area (Å²) in [6.07, 6.45) is 0.118. The monoisotopic (exact) mass is 428 g/mol. The summed E-state index contributed by atoms with van der Waals surface area (Å²) in [6, 6.07) is 16.2.